The zero-order valence-electron chi connectivity index (χ0n) is 6.01. The summed E-state index contributed by atoms with van der Waals surface area (Å²) in [7, 11) is 0. The van der Waals surface area contributed by atoms with Gasteiger partial charge in [-0.25, -0.2) is 9.98 Å². The Balaban J connectivity index is 2.64. The number of hydrogen-bond acceptors (Lipinski definition) is 3. The smallest absolute Gasteiger partial charge is 0.151 e. The molecular formula is C8H9N3. The van der Waals surface area contributed by atoms with Gasteiger partial charge in [0.15, 0.2) is 5.82 Å². The van der Waals surface area contributed by atoms with Crippen molar-refractivity contribution in [3.8, 4) is 0 Å². The molecule has 1 aromatic heterocycles. The molecule has 1 rings (SSSR count). The van der Waals surface area contributed by atoms with E-state index in [1.165, 1.54) is 6.20 Å². The summed E-state index contributed by atoms with van der Waals surface area (Å²) in [6.45, 7) is 0. The molecule has 0 saturated carbocycles. The molecule has 0 saturated heterocycles. The highest BCUT2D eigenvalue weighted by Crippen LogP contribution is 2.02. The monoisotopic (exact) mass is 147 g/mol. The zero-order chi connectivity index (χ0) is 7.94. The molecule has 0 fully saturated rings. The van der Waals surface area contributed by atoms with Gasteiger partial charge in [-0.2, -0.15) is 0 Å². The van der Waals surface area contributed by atoms with Gasteiger partial charge in [0, 0.05) is 12.4 Å². The van der Waals surface area contributed by atoms with Crippen LogP contribution in [0.2, 0.25) is 0 Å². The van der Waals surface area contributed by atoms with Crippen LogP contribution in [-0.2, 0) is 0 Å². The highest BCUT2D eigenvalue weighted by molar-refractivity contribution is 5.73. The van der Waals surface area contributed by atoms with Gasteiger partial charge in [0.2, 0.25) is 0 Å². The van der Waals surface area contributed by atoms with E-state index in [2.05, 4.69) is 9.98 Å². The second kappa shape index (κ2) is 4.22. The molecule has 2 N–H and O–H groups in total. The van der Waals surface area contributed by atoms with Crippen LogP contribution in [0.4, 0.5) is 5.82 Å². The number of aliphatic imine (C=N–C) groups is 1. The molecule has 0 unspecified atom stereocenters. The summed E-state index contributed by atoms with van der Waals surface area (Å²) in [5.41, 5.74) is 5.10. The van der Waals surface area contributed by atoms with E-state index in [1.807, 2.05) is 18.2 Å². The van der Waals surface area contributed by atoms with Gasteiger partial charge >= 0.3 is 0 Å². The summed E-state index contributed by atoms with van der Waals surface area (Å²) in [6, 6.07) is 5.55. The SMILES string of the molecule is NC=CC=Nc1ccccn1. The molecule has 0 aliphatic heterocycles. The molecule has 0 amide bonds. The highest BCUT2D eigenvalue weighted by atomic mass is 14.9. The Kier molecular flexibility index (Phi) is 2.86. The minimum absolute atomic E-state index is 0.686. The normalized spacial score (nSPS) is 11.3. The third-order valence-corrected chi connectivity index (χ3v) is 1.05. The Labute approximate surface area is 65.3 Å². The molecule has 0 atom stereocenters. The summed E-state index contributed by atoms with van der Waals surface area (Å²) >= 11 is 0. The minimum atomic E-state index is 0.686. The maximum atomic E-state index is 5.10. The Morgan fingerprint density at radius 3 is 3.00 bits per heavy atom. The quantitative estimate of drug-likeness (QED) is 0.640. The van der Waals surface area contributed by atoms with E-state index >= 15 is 0 Å². The fourth-order valence-electron chi connectivity index (χ4n) is 0.599. The average Bonchev–Trinajstić information content (AvgIpc) is 2.07. The maximum absolute atomic E-state index is 5.10. The fraction of sp³-hybridized carbons (Fsp3) is 0. The van der Waals surface area contributed by atoms with Gasteiger partial charge in [-0.15, -0.1) is 0 Å². The first-order valence-corrected chi connectivity index (χ1v) is 3.25. The molecule has 1 heterocycles. The molecule has 0 aliphatic carbocycles. The van der Waals surface area contributed by atoms with Crippen LogP contribution in [0.25, 0.3) is 0 Å². The highest BCUT2D eigenvalue weighted by Gasteiger charge is 1.81. The van der Waals surface area contributed by atoms with Gasteiger partial charge in [-0.05, 0) is 24.4 Å². The summed E-state index contributed by atoms with van der Waals surface area (Å²) in [5, 5.41) is 0. The van der Waals surface area contributed by atoms with Crippen molar-refractivity contribution in [3.05, 3.63) is 36.7 Å². The molecule has 0 aromatic carbocycles. The summed E-state index contributed by atoms with van der Waals surface area (Å²) in [5.74, 6) is 0.686. The van der Waals surface area contributed by atoms with Crippen LogP contribution in [0.15, 0.2) is 41.7 Å². The molecular weight excluding hydrogens is 138 g/mol. The van der Waals surface area contributed by atoms with Crippen LogP contribution >= 0.6 is 0 Å². The van der Waals surface area contributed by atoms with Crippen molar-refractivity contribution in [2.75, 3.05) is 0 Å². The summed E-state index contributed by atoms with van der Waals surface area (Å²) < 4.78 is 0. The van der Waals surface area contributed by atoms with E-state index in [0.29, 0.717) is 5.82 Å². The van der Waals surface area contributed by atoms with E-state index in [1.54, 1.807) is 18.5 Å². The van der Waals surface area contributed by atoms with Crippen molar-refractivity contribution >= 4 is 12.0 Å². The fourth-order valence-corrected chi connectivity index (χ4v) is 0.599. The molecule has 56 valence electrons. The minimum Gasteiger partial charge on any atom is -0.405 e. The molecule has 0 radical (unpaired) electrons. The van der Waals surface area contributed by atoms with E-state index in [0.717, 1.165) is 0 Å². The molecule has 3 nitrogen and oxygen atoms in total. The lowest BCUT2D eigenvalue weighted by molar-refractivity contribution is 1.28. The number of pyridine rings is 1. The van der Waals surface area contributed by atoms with Gasteiger partial charge < -0.3 is 5.73 Å². The van der Waals surface area contributed by atoms with Gasteiger partial charge in [-0.1, -0.05) is 6.07 Å². The van der Waals surface area contributed by atoms with Gasteiger partial charge in [0.05, 0.1) is 0 Å². The Hall–Kier alpha value is -1.64. The number of rotatable bonds is 2. The lowest BCUT2D eigenvalue weighted by atomic mass is 10.5. The number of nitrogens with zero attached hydrogens (tertiary/aromatic N) is 2. The number of aromatic nitrogens is 1. The lowest BCUT2D eigenvalue weighted by Gasteiger charge is -1.86. The van der Waals surface area contributed by atoms with Crippen LogP contribution in [0.5, 0.6) is 0 Å². The van der Waals surface area contributed by atoms with E-state index < -0.39 is 0 Å². The third-order valence-electron chi connectivity index (χ3n) is 1.05. The van der Waals surface area contributed by atoms with Gasteiger partial charge in [-0.3, -0.25) is 0 Å². The standard InChI is InChI=1S/C8H9N3/c9-5-3-7-11-8-4-1-2-6-10-8/h1-7H,9H2. The molecule has 3 heteroatoms. The van der Waals surface area contributed by atoms with Crippen molar-refractivity contribution in [2.24, 2.45) is 10.7 Å². The van der Waals surface area contributed by atoms with Crippen molar-refractivity contribution in [3.63, 3.8) is 0 Å². The van der Waals surface area contributed by atoms with E-state index in [-0.39, 0.29) is 0 Å². The lowest BCUT2D eigenvalue weighted by Crippen LogP contribution is -1.76. The molecule has 0 spiro atoms. The number of nitrogens with two attached hydrogens (primary N) is 1. The van der Waals surface area contributed by atoms with Crippen LogP contribution in [-0.4, -0.2) is 11.2 Å². The average molecular weight is 147 g/mol. The van der Waals surface area contributed by atoms with Crippen LogP contribution < -0.4 is 5.73 Å². The van der Waals surface area contributed by atoms with E-state index in [9.17, 15) is 0 Å². The molecule has 11 heavy (non-hydrogen) atoms. The first-order chi connectivity index (χ1) is 5.43. The largest absolute Gasteiger partial charge is 0.405 e. The number of hydrogen-bond donors (Lipinski definition) is 1. The molecule has 0 aliphatic rings. The van der Waals surface area contributed by atoms with Crippen molar-refractivity contribution in [1.82, 2.24) is 4.98 Å². The van der Waals surface area contributed by atoms with Gasteiger partial charge in [0.25, 0.3) is 0 Å². The zero-order valence-corrected chi connectivity index (χ0v) is 6.01. The molecule has 0 bridgehead atoms. The molecule has 1 aromatic rings. The summed E-state index contributed by atoms with van der Waals surface area (Å²) in [6.07, 6.45) is 6.36. The van der Waals surface area contributed by atoms with Crippen molar-refractivity contribution in [2.45, 2.75) is 0 Å². The second-order valence-corrected chi connectivity index (χ2v) is 1.85. The maximum Gasteiger partial charge on any atom is 0.151 e. The van der Waals surface area contributed by atoms with Crippen LogP contribution in [0, 0.1) is 0 Å². The van der Waals surface area contributed by atoms with Crippen LogP contribution in [0.1, 0.15) is 0 Å². The predicted octanol–water partition coefficient (Wildman–Crippen LogP) is 1.26. The Morgan fingerprint density at radius 2 is 2.36 bits per heavy atom. The van der Waals surface area contributed by atoms with Crippen molar-refractivity contribution in [1.29, 1.82) is 0 Å². The van der Waals surface area contributed by atoms with Crippen molar-refractivity contribution < 1.29 is 0 Å². The Bertz CT molecular complexity index is 251. The summed E-state index contributed by atoms with van der Waals surface area (Å²) in [4.78, 5) is 7.97. The Morgan fingerprint density at radius 1 is 1.45 bits per heavy atom. The number of allylic oxidation sites excluding steroid dienone is 1. The van der Waals surface area contributed by atoms with Gasteiger partial charge in [0.1, 0.15) is 0 Å². The predicted molar refractivity (Wildman–Crippen MR) is 45.7 cm³/mol. The first-order valence-electron chi connectivity index (χ1n) is 3.25. The topological polar surface area (TPSA) is 51.3 Å². The first kappa shape index (κ1) is 7.47. The third kappa shape index (κ3) is 2.62. The van der Waals surface area contributed by atoms with E-state index in [4.69, 9.17) is 5.73 Å². The second-order valence-electron chi connectivity index (χ2n) is 1.85. The van der Waals surface area contributed by atoms with Crippen LogP contribution in [0.3, 0.4) is 0 Å².